The lowest BCUT2D eigenvalue weighted by Crippen LogP contribution is -2.40. The summed E-state index contributed by atoms with van der Waals surface area (Å²) in [6.45, 7) is 3.96. The summed E-state index contributed by atoms with van der Waals surface area (Å²) in [5.74, 6) is -0.106. The largest absolute Gasteiger partial charge is 0.322 e. The van der Waals surface area contributed by atoms with Crippen LogP contribution in [0, 0.1) is 5.92 Å². The highest BCUT2D eigenvalue weighted by atomic mass is 35.5. The summed E-state index contributed by atoms with van der Waals surface area (Å²) in [6, 6.07) is 3.10. The summed E-state index contributed by atoms with van der Waals surface area (Å²) in [5.41, 5.74) is 8.90. The number of rotatable bonds is 4. The molecule has 0 radical (unpaired) electrons. The van der Waals surface area contributed by atoms with E-state index in [4.69, 9.17) is 17.3 Å². The standard InChI is InChI=1S/C13H16ClN3OS/c1-3-7(2)10(15)13(18)17-11-8(14)4-5-9-12(11)16-6-19-9/h4-7,10H,3,15H2,1-2H3,(H,17,18). The van der Waals surface area contributed by atoms with Crippen molar-refractivity contribution in [3.05, 3.63) is 22.7 Å². The van der Waals surface area contributed by atoms with Crippen LogP contribution in [0.3, 0.4) is 0 Å². The summed E-state index contributed by atoms with van der Waals surface area (Å²) in [7, 11) is 0. The number of fused-ring (bicyclic) bond motifs is 1. The molecule has 3 N–H and O–H groups in total. The molecule has 0 saturated heterocycles. The van der Waals surface area contributed by atoms with Crippen molar-refractivity contribution in [2.24, 2.45) is 11.7 Å². The molecular weight excluding hydrogens is 282 g/mol. The first kappa shape index (κ1) is 14.2. The van der Waals surface area contributed by atoms with Crippen molar-refractivity contribution in [3.63, 3.8) is 0 Å². The molecule has 0 spiro atoms. The zero-order valence-electron chi connectivity index (χ0n) is 10.8. The molecule has 6 heteroatoms. The first-order valence-corrected chi connectivity index (χ1v) is 7.38. The van der Waals surface area contributed by atoms with Gasteiger partial charge in [-0.15, -0.1) is 11.3 Å². The Morgan fingerprint density at radius 3 is 3.00 bits per heavy atom. The van der Waals surface area contributed by atoms with Crippen molar-refractivity contribution in [1.29, 1.82) is 0 Å². The highest BCUT2D eigenvalue weighted by molar-refractivity contribution is 7.16. The number of carbonyl (C=O) groups is 1. The Morgan fingerprint density at radius 2 is 2.32 bits per heavy atom. The van der Waals surface area contributed by atoms with Gasteiger partial charge in [0.05, 0.1) is 27.0 Å². The molecule has 1 heterocycles. The lowest BCUT2D eigenvalue weighted by Gasteiger charge is -2.18. The van der Waals surface area contributed by atoms with Crippen LogP contribution in [0.2, 0.25) is 5.02 Å². The Balaban J connectivity index is 2.28. The van der Waals surface area contributed by atoms with Gasteiger partial charge in [0.2, 0.25) is 5.91 Å². The van der Waals surface area contributed by atoms with Gasteiger partial charge in [-0.25, -0.2) is 4.98 Å². The van der Waals surface area contributed by atoms with E-state index in [0.717, 1.165) is 11.1 Å². The summed E-state index contributed by atoms with van der Waals surface area (Å²) < 4.78 is 0.983. The number of hydrogen-bond donors (Lipinski definition) is 2. The average Bonchev–Trinajstić information content (AvgIpc) is 2.88. The minimum Gasteiger partial charge on any atom is -0.322 e. The van der Waals surface area contributed by atoms with Gasteiger partial charge in [0, 0.05) is 0 Å². The van der Waals surface area contributed by atoms with Crippen LogP contribution in [-0.4, -0.2) is 16.9 Å². The number of amides is 1. The second kappa shape index (κ2) is 5.86. The molecule has 0 aliphatic carbocycles. The second-order valence-electron chi connectivity index (χ2n) is 4.52. The number of anilines is 1. The number of carbonyl (C=O) groups excluding carboxylic acids is 1. The van der Waals surface area contributed by atoms with Crippen molar-refractivity contribution < 1.29 is 4.79 Å². The molecule has 19 heavy (non-hydrogen) atoms. The Bertz CT molecular complexity index is 599. The van der Waals surface area contributed by atoms with E-state index in [2.05, 4.69) is 10.3 Å². The molecule has 0 fully saturated rings. The van der Waals surface area contributed by atoms with Crippen molar-refractivity contribution in [1.82, 2.24) is 4.98 Å². The monoisotopic (exact) mass is 297 g/mol. The topological polar surface area (TPSA) is 68.0 Å². The quantitative estimate of drug-likeness (QED) is 0.910. The maximum absolute atomic E-state index is 12.1. The first-order valence-electron chi connectivity index (χ1n) is 6.12. The van der Waals surface area contributed by atoms with E-state index >= 15 is 0 Å². The normalized spacial score (nSPS) is 14.3. The smallest absolute Gasteiger partial charge is 0.241 e. The number of hydrogen-bond acceptors (Lipinski definition) is 4. The predicted molar refractivity (Wildman–Crippen MR) is 80.7 cm³/mol. The number of halogens is 1. The van der Waals surface area contributed by atoms with Gasteiger partial charge in [-0.2, -0.15) is 0 Å². The zero-order valence-corrected chi connectivity index (χ0v) is 12.4. The van der Waals surface area contributed by atoms with Crippen LogP contribution >= 0.6 is 22.9 Å². The number of thiazole rings is 1. The van der Waals surface area contributed by atoms with E-state index < -0.39 is 6.04 Å². The summed E-state index contributed by atoms with van der Waals surface area (Å²) >= 11 is 7.64. The number of benzene rings is 1. The number of nitrogens with zero attached hydrogens (tertiary/aromatic N) is 1. The Kier molecular flexibility index (Phi) is 4.39. The van der Waals surface area contributed by atoms with E-state index in [0.29, 0.717) is 16.2 Å². The number of nitrogens with one attached hydrogen (secondary N) is 1. The Labute approximate surface area is 121 Å². The zero-order chi connectivity index (χ0) is 14.0. The number of aromatic nitrogens is 1. The molecule has 2 unspecified atom stereocenters. The van der Waals surface area contributed by atoms with Crippen molar-refractivity contribution in [3.8, 4) is 0 Å². The van der Waals surface area contributed by atoms with Gasteiger partial charge in [0.25, 0.3) is 0 Å². The summed E-state index contributed by atoms with van der Waals surface area (Å²) in [6.07, 6.45) is 0.850. The molecule has 0 bridgehead atoms. The van der Waals surface area contributed by atoms with Crippen LogP contribution in [0.25, 0.3) is 10.2 Å². The fraction of sp³-hybridized carbons (Fsp3) is 0.385. The third kappa shape index (κ3) is 2.88. The van der Waals surface area contributed by atoms with E-state index in [1.807, 2.05) is 19.9 Å². The van der Waals surface area contributed by atoms with Gasteiger partial charge in [0.15, 0.2) is 0 Å². The van der Waals surface area contributed by atoms with Crippen molar-refractivity contribution in [2.45, 2.75) is 26.3 Å². The fourth-order valence-corrected chi connectivity index (χ4v) is 2.63. The van der Waals surface area contributed by atoms with Crippen molar-refractivity contribution >= 4 is 44.7 Å². The van der Waals surface area contributed by atoms with Gasteiger partial charge in [-0.3, -0.25) is 4.79 Å². The van der Waals surface area contributed by atoms with Gasteiger partial charge in [0.1, 0.15) is 5.52 Å². The van der Waals surface area contributed by atoms with Crippen LogP contribution in [-0.2, 0) is 4.79 Å². The number of nitrogens with two attached hydrogens (primary N) is 1. The van der Waals surface area contributed by atoms with E-state index in [1.165, 1.54) is 11.3 Å². The Hall–Kier alpha value is -1.17. The van der Waals surface area contributed by atoms with Crippen LogP contribution in [0.15, 0.2) is 17.6 Å². The molecule has 2 aromatic rings. The SMILES string of the molecule is CCC(C)C(N)C(=O)Nc1c(Cl)ccc2scnc12. The molecule has 4 nitrogen and oxygen atoms in total. The van der Waals surface area contributed by atoms with Crippen LogP contribution in [0.5, 0.6) is 0 Å². The van der Waals surface area contributed by atoms with Crippen LogP contribution in [0.1, 0.15) is 20.3 Å². The molecule has 1 amide bonds. The average molecular weight is 298 g/mol. The maximum atomic E-state index is 12.1. The van der Waals surface area contributed by atoms with Crippen molar-refractivity contribution in [2.75, 3.05) is 5.32 Å². The molecule has 1 aromatic heterocycles. The third-order valence-electron chi connectivity index (χ3n) is 3.26. The molecule has 1 aromatic carbocycles. The minimum atomic E-state index is -0.546. The molecule has 0 saturated carbocycles. The molecule has 2 atom stereocenters. The lowest BCUT2D eigenvalue weighted by molar-refractivity contribution is -0.118. The van der Waals surface area contributed by atoms with E-state index in [-0.39, 0.29) is 11.8 Å². The van der Waals surface area contributed by atoms with E-state index in [9.17, 15) is 4.79 Å². The van der Waals surface area contributed by atoms with Gasteiger partial charge in [-0.05, 0) is 18.1 Å². The van der Waals surface area contributed by atoms with Crippen LogP contribution < -0.4 is 11.1 Å². The summed E-state index contributed by atoms with van der Waals surface area (Å²) in [5, 5.41) is 3.28. The molecule has 2 rings (SSSR count). The van der Waals surface area contributed by atoms with E-state index in [1.54, 1.807) is 11.6 Å². The second-order valence-corrected chi connectivity index (χ2v) is 5.82. The van der Waals surface area contributed by atoms with Crippen LogP contribution in [0.4, 0.5) is 5.69 Å². The summed E-state index contributed by atoms with van der Waals surface area (Å²) in [4.78, 5) is 16.3. The molecule has 0 aliphatic rings. The van der Waals surface area contributed by atoms with Gasteiger partial charge < -0.3 is 11.1 Å². The predicted octanol–water partition coefficient (Wildman–Crippen LogP) is 3.26. The van der Waals surface area contributed by atoms with Gasteiger partial charge >= 0.3 is 0 Å². The molecule has 102 valence electrons. The fourth-order valence-electron chi connectivity index (χ4n) is 1.74. The minimum absolute atomic E-state index is 0.119. The third-order valence-corrected chi connectivity index (χ3v) is 4.37. The maximum Gasteiger partial charge on any atom is 0.241 e. The molecule has 0 aliphatic heterocycles. The lowest BCUT2D eigenvalue weighted by atomic mass is 9.99. The first-order chi connectivity index (χ1) is 9.04. The highest BCUT2D eigenvalue weighted by Gasteiger charge is 2.21. The Morgan fingerprint density at radius 1 is 1.58 bits per heavy atom. The molecular formula is C13H16ClN3OS. The van der Waals surface area contributed by atoms with Gasteiger partial charge in [-0.1, -0.05) is 31.9 Å². The highest BCUT2D eigenvalue weighted by Crippen LogP contribution is 2.32.